The lowest BCUT2D eigenvalue weighted by Crippen LogP contribution is -2.13. The van der Waals surface area contributed by atoms with Gasteiger partial charge in [-0.15, -0.1) is 0 Å². The van der Waals surface area contributed by atoms with Crippen LogP contribution >= 0.6 is 0 Å². The Labute approximate surface area is 115 Å². The maximum absolute atomic E-state index is 4.56. The Bertz CT molecular complexity index is 511. The van der Waals surface area contributed by atoms with Crippen LogP contribution in [0.4, 0.5) is 0 Å². The lowest BCUT2D eigenvalue weighted by molar-refractivity contribution is 0.707. The molecule has 2 rings (SSSR count). The third-order valence-corrected chi connectivity index (χ3v) is 3.29. The van der Waals surface area contributed by atoms with Crippen LogP contribution in [0.1, 0.15) is 37.1 Å². The molecule has 0 bridgehead atoms. The molecule has 0 spiro atoms. The van der Waals surface area contributed by atoms with E-state index in [0.717, 1.165) is 31.6 Å². The fourth-order valence-corrected chi connectivity index (χ4v) is 2.23. The monoisotopic (exact) mass is 257 g/mol. The van der Waals surface area contributed by atoms with E-state index in [1.54, 1.807) is 0 Å². The van der Waals surface area contributed by atoms with Gasteiger partial charge >= 0.3 is 0 Å². The predicted molar refractivity (Wildman–Crippen MR) is 79.7 cm³/mol. The Morgan fingerprint density at radius 2 is 1.89 bits per heavy atom. The molecule has 2 aromatic rings. The molecule has 1 N–H and O–H groups in total. The van der Waals surface area contributed by atoms with Gasteiger partial charge in [-0.05, 0) is 32.0 Å². The summed E-state index contributed by atoms with van der Waals surface area (Å²) in [5, 5.41) is 7.95. The highest BCUT2D eigenvalue weighted by Crippen LogP contribution is 2.17. The minimum Gasteiger partial charge on any atom is -0.313 e. The molecule has 102 valence electrons. The average molecular weight is 257 g/mol. The Hall–Kier alpha value is -1.61. The lowest BCUT2D eigenvalue weighted by atomic mass is 10.1. The van der Waals surface area contributed by atoms with E-state index in [4.69, 9.17) is 0 Å². The van der Waals surface area contributed by atoms with Gasteiger partial charge < -0.3 is 5.32 Å². The molecule has 0 radical (unpaired) electrons. The van der Waals surface area contributed by atoms with Crippen LogP contribution in [0.25, 0.3) is 5.69 Å². The molecule has 0 aliphatic carbocycles. The topological polar surface area (TPSA) is 29.9 Å². The van der Waals surface area contributed by atoms with Gasteiger partial charge in [-0.2, -0.15) is 5.10 Å². The van der Waals surface area contributed by atoms with E-state index in [2.05, 4.69) is 60.1 Å². The van der Waals surface area contributed by atoms with Crippen LogP contribution in [0.5, 0.6) is 0 Å². The summed E-state index contributed by atoms with van der Waals surface area (Å²) in [6.07, 6.45) is 4.19. The van der Waals surface area contributed by atoms with Gasteiger partial charge in [0.15, 0.2) is 0 Å². The van der Waals surface area contributed by atoms with Crippen LogP contribution in [0.15, 0.2) is 30.5 Å². The Morgan fingerprint density at radius 3 is 2.53 bits per heavy atom. The van der Waals surface area contributed by atoms with Gasteiger partial charge in [0.25, 0.3) is 0 Å². The first-order valence-corrected chi connectivity index (χ1v) is 7.09. The van der Waals surface area contributed by atoms with E-state index in [1.165, 1.54) is 16.8 Å². The summed E-state index contributed by atoms with van der Waals surface area (Å²) in [7, 11) is 0. The number of benzene rings is 1. The average Bonchev–Trinajstić information content (AvgIpc) is 2.81. The Kier molecular flexibility index (Phi) is 4.74. The zero-order chi connectivity index (χ0) is 13.7. The van der Waals surface area contributed by atoms with Crippen LogP contribution in [-0.4, -0.2) is 16.3 Å². The number of rotatable bonds is 6. The van der Waals surface area contributed by atoms with E-state index in [0.29, 0.717) is 0 Å². The third kappa shape index (κ3) is 3.24. The minimum absolute atomic E-state index is 0.900. The molecule has 0 atom stereocenters. The normalized spacial score (nSPS) is 10.9. The summed E-state index contributed by atoms with van der Waals surface area (Å²) >= 11 is 0. The van der Waals surface area contributed by atoms with E-state index in [-0.39, 0.29) is 0 Å². The van der Waals surface area contributed by atoms with Crippen molar-refractivity contribution in [3.8, 4) is 5.69 Å². The highest BCUT2D eigenvalue weighted by atomic mass is 15.3. The van der Waals surface area contributed by atoms with Gasteiger partial charge in [0.2, 0.25) is 0 Å². The maximum atomic E-state index is 4.56. The van der Waals surface area contributed by atoms with Crippen molar-refractivity contribution in [2.24, 2.45) is 0 Å². The molecule has 0 amide bonds. The van der Waals surface area contributed by atoms with Crippen LogP contribution in [0, 0.1) is 6.92 Å². The second-order valence-electron chi connectivity index (χ2n) is 4.89. The van der Waals surface area contributed by atoms with Gasteiger partial charge in [-0.25, -0.2) is 4.68 Å². The predicted octanol–water partition coefficient (Wildman–Crippen LogP) is 3.24. The highest BCUT2D eigenvalue weighted by molar-refractivity contribution is 5.37. The molecule has 0 fully saturated rings. The summed E-state index contributed by atoms with van der Waals surface area (Å²) < 4.78 is 2.08. The summed E-state index contributed by atoms with van der Waals surface area (Å²) in [5.74, 6) is 0. The first-order chi connectivity index (χ1) is 9.26. The van der Waals surface area contributed by atoms with Crippen molar-refractivity contribution < 1.29 is 0 Å². The standard InChI is InChI=1S/C16H23N3/c1-4-6-16-14(11-17-5-2)12-18-19(16)15-9-7-13(3)8-10-15/h7-10,12,17H,4-6,11H2,1-3H3. The first-order valence-electron chi connectivity index (χ1n) is 7.09. The smallest absolute Gasteiger partial charge is 0.0649 e. The summed E-state index contributed by atoms with van der Waals surface area (Å²) in [4.78, 5) is 0. The van der Waals surface area contributed by atoms with Gasteiger partial charge in [0.1, 0.15) is 0 Å². The number of aromatic nitrogens is 2. The second-order valence-corrected chi connectivity index (χ2v) is 4.89. The number of hydrogen-bond donors (Lipinski definition) is 1. The van der Waals surface area contributed by atoms with Gasteiger partial charge in [-0.1, -0.05) is 38.0 Å². The molecule has 19 heavy (non-hydrogen) atoms. The van der Waals surface area contributed by atoms with Gasteiger partial charge in [-0.3, -0.25) is 0 Å². The third-order valence-electron chi connectivity index (χ3n) is 3.29. The van der Waals surface area contributed by atoms with E-state index in [1.807, 2.05) is 6.20 Å². The zero-order valence-electron chi connectivity index (χ0n) is 12.1. The van der Waals surface area contributed by atoms with Gasteiger partial charge in [0, 0.05) is 17.8 Å². The van der Waals surface area contributed by atoms with Crippen LogP contribution in [0.2, 0.25) is 0 Å². The van der Waals surface area contributed by atoms with Crippen molar-refractivity contribution in [2.75, 3.05) is 6.54 Å². The number of hydrogen-bond acceptors (Lipinski definition) is 2. The van der Waals surface area contributed by atoms with Gasteiger partial charge in [0.05, 0.1) is 11.9 Å². The number of nitrogens with zero attached hydrogens (tertiary/aromatic N) is 2. The molecule has 3 nitrogen and oxygen atoms in total. The molecular formula is C16H23N3. The molecule has 3 heteroatoms. The van der Waals surface area contributed by atoms with Crippen molar-refractivity contribution in [3.05, 3.63) is 47.3 Å². The van der Waals surface area contributed by atoms with E-state index in [9.17, 15) is 0 Å². The highest BCUT2D eigenvalue weighted by Gasteiger charge is 2.10. The molecule has 1 heterocycles. The van der Waals surface area contributed by atoms with Crippen molar-refractivity contribution >= 4 is 0 Å². The van der Waals surface area contributed by atoms with Crippen molar-refractivity contribution in [1.29, 1.82) is 0 Å². The number of nitrogens with one attached hydrogen (secondary N) is 1. The van der Waals surface area contributed by atoms with Crippen molar-refractivity contribution in [3.63, 3.8) is 0 Å². The van der Waals surface area contributed by atoms with E-state index < -0.39 is 0 Å². The maximum Gasteiger partial charge on any atom is 0.0649 e. The fraction of sp³-hybridized carbons (Fsp3) is 0.438. The lowest BCUT2D eigenvalue weighted by Gasteiger charge is -2.09. The molecule has 0 unspecified atom stereocenters. The zero-order valence-corrected chi connectivity index (χ0v) is 12.1. The van der Waals surface area contributed by atoms with Crippen LogP contribution in [-0.2, 0) is 13.0 Å². The van der Waals surface area contributed by atoms with Crippen molar-refractivity contribution in [2.45, 2.75) is 40.2 Å². The molecular weight excluding hydrogens is 234 g/mol. The summed E-state index contributed by atoms with van der Waals surface area (Å²) in [6.45, 7) is 8.34. The Morgan fingerprint density at radius 1 is 1.16 bits per heavy atom. The molecule has 0 saturated carbocycles. The molecule has 0 aliphatic rings. The minimum atomic E-state index is 0.900. The molecule has 1 aromatic carbocycles. The Balaban J connectivity index is 2.33. The summed E-state index contributed by atoms with van der Waals surface area (Å²) in [5.41, 5.74) is 5.06. The van der Waals surface area contributed by atoms with Crippen molar-refractivity contribution in [1.82, 2.24) is 15.1 Å². The second kappa shape index (κ2) is 6.53. The molecule has 0 aliphatic heterocycles. The SMILES string of the molecule is CCCc1c(CNCC)cnn1-c1ccc(C)cc1. The molecule has 0 saturated heterocycles. The van der Waals surface area contributed by atoms with Crippen LogP contribution < -0.4 is 5.32 Å². The quantitative estimate of drug-likeness (QED) is 0.861. The first kappa shape index (κ1) is 13.8. The summed E-state index contributed by atoms with van der Waals surface area (Å²) in [6, 6.07) is 8.55. The number of aryl methyl sites for hydroxylation is 1. The molecule has 1 aromatic heterocycles. The largest absolute Gasteiger partial charge is 0.313 e. The van der Waals surface area contributed by atoms with Crippen LogP contribution in [0.3, 0.4) is 0 Å². The fourth-order valence-electron chi connectivity index (χ4n) is 2.23. The van der Waals surface area contributed by atoms with E-state index >= 15 is 0 Å².